The van der Waals surface area contributed by atoms with E-state index < -0.39 is 29.7 Å². The van der Waals surface area contributed by atoms with Crippen molar-refractivity contribution in [1.29, 1.82) is 0 Å². The lowest BCUT2D eigenvalue weighted by Crippen LogP contribution is -2.44. The predicted molar refractivity (Wildman–Crippen MR) is 60.9 cm³/mol. The summed E-state index contributed by atoms with van der Waals surface area (Å²) in [5, 5.41) is 8.67. The summed E-state index contributed by atoms with van der Waals surface area (Å²) in [6.45, 7) is 2.21. The third-order valence-electron chi connectivity index (χ3n) is 2.11. The van der Waals surface area contributed by atoms with Gasteiger partial charge in [0.05, 0.1) is 12.4 Å². The SMILES string of the molecule is CC(N)=NC/C(F)=C(\F)CC[C@](C)(N)C(=O)O. The first-order valence-corrected chi connectivity index (χ1v) is 4.98. The molecule has 7 heteroatoms. The van der Waals surface area contributed by atoms with Crippen LogP contribution in [0, 0.1) is 0 Å². The second-order valence-corrected chi connectivity index (χ2v) is 3.99. The summed E-state index contributed by atoms with van der Waals surface area (Å²) >= 11 is 0. The van der Waals surface area contributed by atoms with Crippen molar-refractivity contribution in [1.82, 2.24) is 0 Å². The highest BCUT2D eigenvalue weighted by Crippen LogP contribution is 2.19. The molecule has 0 radical (unpaired) electrons. The van der Waals surface area contributed by atoms with Crippen molar-refractivity contribution >= 4 is 11.8 Å². The number of rotatable bonds is 6. The van der Waals surface area contributed by atoms with Gasteiger partial charge in [-0.25, -0.2) is 8.78 Å². The van der Waals surface area contributed by atoms with Crippen LogP contribution in [0.25, 0.3) is 0 Å². The maximum Gasteiger partial charge on any atom is 0.323 e. The maximum absolute atomic E-state index is 13.2. The summed E-state index contributed by atoms with van der Waals surface area (Å²) in [4.78, 5) is 14.1. The molecule has 0 rings (SSSR count). The van der Waals surface area contributed by atoms with Gasteiger partial charge in [-0.1, -0.05) is 0 Å². The number of allylic oxidation sites excluding steroid dienone is 1. The molecule has 0 amide bonds. The van der Waals surface area contributed by atoms with Gasteiger partial charge in [0, 0.05) is 6.42 Å². The second-order valence-electron chi connectivity index (χ2n) is 3.99. The zero-order valence-corrected chi connectivity index (χ0v) is 9.83. The van der Waals surface area contributed by atoms with Crippen LogP contribution in [0.1, 0.15) is 26.7 Å². The molecule has 0 heterocycles. The smallest absolute Gasteiger partial charge is 0.323 e. The van der Waals surface area contributed by atoms with Gasteiger partial charge in [0.15, 0.2) is 5.83 Å². The van der Waals surface area contributed by atoms with Crippen LogP contribution >= 0.6 is 0 Å². The van der Waals surface area contributed by atoms with Crippen LogP contribution in [-0.4, -0.2) is 29.0 Å². The Morgan fingerprint density at radius 2 is 1.94 bits per heavy atom. The first kappa shape index (κ1) is 15.5. The summed E-state index contributed by atoms with van der Waals surface area (Å²) in [5.74, 6) is -3.23. The van der Waals surface area contributed by atoms with E-state index in [9.17, 15) is 13.6 Å². The fourth-order valence-electron chi connectivity index (χ4n) is 0.892. The van der Waals surface area contributed by atoms with E-state index in [1.807, 2.05) is 0 Å². The number of nitrogens with two attached hydrogens (primary N) is 2. The molecule has 0 saturated heterocycles. The van der Waals surface area contributed by atoms with E-state index in [1.165, 1.54) is 13.8 Å². The van der Waals surface area contributed by atoms with Crippen molar-refractivity contribution < 1.29 is 18.7 Å². The summed E-state index contributed by atoms with van der Waals surface area (Å²) in [6.07, 6.45) is -0.586. The van der Waals surface area contributed by atoms with Crippen LogP contribution in [0.2, 0.25) is 0 Å². The monoisotopic (exact) mass is 249 g/mol. The fraction of sp³-hybridized carbons (Fsp3) is 0.600. The lowest BCUT2D eigenvalue weighted by atomic mass is 9.97. The number of hydrogen-bond donors (Lipinski definition) is 3. The Balaban J connectivity index is 4.43. The fourth-order valence-corrected chi connectivity index (χ4v) is 0.892. The predicted octanol–water partition coefficient (Wildman–Crippen LogP) is 1.10. The summed E-state index contributed by atoms with van der Waals surface area (Å²) in [7, 11) is 0. The van der Waals surface area contributed by atoms with Gasteiger partial charge in [-0.05, 0) is 20.3 Å². The van der Waals surface area contributed by atoms with Gasteiger partial charge in [0.2, 0.25) is 0 Å². The largest absolute Gasteiger partial charge is 0.480 e. The average molecular weight is 249 g/mol. The van der Waals surface area contributed by atoms with E-state index in [0.29, 0.717) is 0 Å². The van der Waals surface area contributed by atoms with E-state index in [1.54, 1.807) is 0 Å². The molecule has 0 spiro atoms. The third-order valence-corrected chi connectivity index (χ3v) is 2.11. The second kappa shape index (κ2) is 6.29. The molecular formula is C10H17F2N3O2. The van der Waals surface area contributed by atoms with Gasteiger partial charge in [-0.15, -0.1) is 0 Å². The first-order chi connectivity index (χ1) is 7.66. The molecule has 0 unspecified atom stereocenters. The number of aliphatic imine (C=N–C) groups is 1. The topological polar surface area (TPSA) is 102 Å². The number of carboxylic acids is 1. The lowest BCUT2D eigenvalue weighted by Gasteiger charge is -2.18. The minimum Gasteiger partial charge on any atom is -0.480 e. The van der Waals surface area contributed by atoms with Gasteiger partial charge in [0.25, 0.3) is 0 Å². The van der Waals surface area contributed by atoms with Crippen molar-refractivity contribution in [2.24, 2.45) is 16.5 Å². The van der Waals surface area contributed by atoms with E-state index in [-0.39, 0.29) is 18.7 Å². The molecule has 0 aromatic rings. The Morgan fingerprint density at radius 3 is 2.35 bits per heavy atom. The molecule has 0 aliphatic rings. The van der Waals surface area contributed by atoms with Crippen LogP contribution in [-0.2, 0) is 4.79 Å². The average Bonchev–Trinajstić information content (AvgIpc) is 2.22. The van der Waals surface area contributed by atoms with E-state index in [0.717, 1.165) is 0 Å². The van der Waals surface area contributed by atoms with E-state index in [2.05, 4.69) is 4.99 Å². The summed E-state index contributed by atoms with van der Waals surface area (Å²) in [6, 6.07) is 0. The number of amidine groups is 1. The zero-order valence-electron chi connectivity index (χ0n) is 9.83. The first-order valence-electron chi connectivity index (χ1n) is 4.98. The Bertz CT molecular complexity index is 347. The molecule has 98 valence electrons. The standard InChI is InChI=1S/C10H17F2N3O2/c1-6(13)15-5-8(12)7(11)3-4-10(2,14)9(16)17/h3-5,14H2,1-2H3,(H2,13,15)(H,16,17)/b8-7+/t10-/m0/s1. The van der Waals surface area contributed by atoms with Crippen LogP contribution in [0.5, 0.6) is 0 Å². The van der Waals surface area contributed by atoms with Gasteiger partial charge in [0.1, 0.15) is 11.4 Å². The molecule has 1 atom stereocenters. The van der Waals surface area contributed by atoms with Crippen molar-refractivity contribution in [2.75, 3.05) is 6.54 Å². The molecule has 0 aromatic heterocycles. The molecule has 0 bridgehead atoms. The molecule has 0 fully saturated rings. The minimum atomic E-state index is -1.58. The summed E-state index contributed by atoms with van der Waals surface area (Å²) in [5.41, 5.74) is 8.96. The van der Waals surface area contributed by atoms with Crippen molar-refractivity contribution in [3.63, 3.8) is 0 Å². The summed E-state index contributed by atoms with van der Waals surface area (Å²) < 4.78 is 26.3. The lowest BCUT2D eigenvalue weighted by molar-refractivity contribution is -0.142. The highest BCUT2D eigenvalue weighted by molar-refractivity contribution is 5.78. The van der Waals surface area contributed by atoms with Gasteiger partial charge in [-0.3, -0.25) is 9.79 Å². The molecule has 5 N–H and O–H groups in total. The van der Waals surface area contributed by atoms with Crippen LogP contribution in [0.4, 0.5) is 8.78 Å². The molecule has 5 nitrogen and oxygen atoms in total. The molecule has 17 heavy (non-hydrogen) atoms. The molecule has 0 aliphatic heterocycles. The highest BCUT2D eigenvalue weighted by Gasteiger charge is 2.28. The number of carboxylic acid groups (broad SMARTS) is 1. The van der Waals surface area contributed by atoms with Gasteiger partial charge in [-0.2, -0.15) is 0 Å². The molecular weight excluding hydrogens is 232 g/mol. The highest BCUT2D eigenvalue weighted by atomic mass is 19.2. The number of halogens is 2. The Labute approximate surface area is 98.2 Å². The molecule has 0 aliphatic carbocycles. The van der Waals surface area contributed by atoms with Gasteiger partial charge < -0.3 is 16.6 Å². The van der Waals surface area contributed by atoms with Crippen LogP contribution in [0.3, 0.4) is 0 Å². The molecule has 0 saturated carbocycles. The Hall–Kier alpha value is -1.50. The third kappa shape index (κ3) is 5.96. The normalized spacial score (nSPS) is 17.4. The van der Waals surface area contributed by atoms with Crippen molar-refractivity contribution in [2.45, 2.75) is 32.2 Å². The number of carbonyl (C=O) groups is 1. The Kier molecular flexibility index (Phi) is 5.73. The van der Waals surface area contributed by atoms with Crippen molar-refractivity contribution in [3.8, 4) is 0 Å². The van der Waals surface area contributed by atoms with Crippen LogP contribution in [0.15, 0.2) is 16.6 Å². The quantitative estimate of drug-likeness (QED) is 0.484. The van der Waals surface area contributed by atoms with Crippen molar-refractivity contribution in [3.05, 3.63) is 11.7 Å². The van der Waals surface area contributed by atoms with E-state index in [4.69, 9.17) is 16.6 Å². The Morgan fingerprint density at radius 1 is 1.41 bits per heavy atom. The maximum atomic E-state index is 13.2. The minimum absolute atomic E-state index is 0.141. The zero-order chi connectivity index (χ0) is 13.6. The number of aliphatic carboxylic acids is 1. The van der Waals surface area contributed by atoms with Gasteiger partial charge >= 0.3 is 5.97 Å². The van der Waals surface area contributed by atoms with E-state index >= 15 is 0 Å². The van der Waals surface area contributed by atoms with Crippen LogP contribution < -0.4 is 11.5 Å². The molecule has 0 aromatic carbocycles. The number of nitrogens with zero attached hydrogens (tertiary/aromatic N) is 1. The number of hydrogen-bond acceptors (Lipinski definition) is 3.